The summed E-state index contributed by atoms with van der Waals surface area (Å²) < 4.78 is 40.6. The lowest BCUT2D eigenvalue weighted by atomic mass is 9.98. The highest BCUT2D eigenvalue weighted by Crippen LogP contribution is 2.21. The van der Waals surface area contributed by atoms with Crippen LogP contribution in [0.4, 0.5) is 13.2 Å². The van der Waals surface area contributed by atoms with Crippen molar-refractivity contribution >= 4 is 5.91 Å². The Morgan fingerprint density at radius 2 is 1.72 bits per heavy atom. The maximum Gasteiger partial charge on any atom is 0.471 e. The van der Waals surface area contributed by atoms with E-state index in [4.69, 9.17) is 5.11 Å². The first kappa shape index (κ1) is 15.1. The van der Waals surface area contributed by atoms with Crippen LogP contribution < -0.4 is 5.32 Å². The van der Waals surface area contributed by atoms with Crippen molar-refractivity contribution in [3.05, 3.63) is 0 Å². The van der Waals surface area contributed by atoms with Crippen LogP contribution in [0.25, 0.3) is 0 Å². The number of hydrogen-bond donors (Lipinski definition) is 5. The van der Waals surface area contributed by atoms with Gasteiger partial charge in [0.25, 0.3) is 0 Å². The van der Waals surface area contributed by atoms with E-state index in [1.54, 1.807) is 0 Å². The van der Waals surface area contributed by atoms with Crippen LogP contribution in [0.3, 0.4) is 0 Å². The maximum absolute atomic E-state index is 12.0. The highest BCUT2D eigenvalue weighted by atomic mass is 19.4. The average Bonchev–Trinajstić information content (AvgIpc) is 2.28. The van der Waals surface area contributed by atoms with E-state index in [1.165, 1.54) is 5.32 Å². The van der Waals surface area contributed by atoms with Gasteiger partial charge in [-0.3, -0.25) is 4.79 Å². The first-order chi connectivity index (χ1) is 8.18. The summed E-state index contributed by atoms with van der Waals surface area (Å²) in [5, 5.41) is 38.0. The largest absolute Gasteiger partial charge is 0.471 e. The number of nitrogens with one attached hydrogen (secondary N) is 1. The van der Waals surface area contributed by atoms with Gasteiger partial charge < -0.3 is 30.5 Å². The molecule has 0 aromatic heterocycles. The second-order valence-electron chi connectivity index (χ2n) is 3.72. The van der Waals surface area contributed by atoms with Crippen LogP contribution in [0.2, 0.25) is 0 Å². The predicted octanol–water partition coefficient (Wildman–Crippen LogP) is -2.54. The Morgan fingerprint density at radius 3 is 2.17 bits per heavy atom. The molecule has 1 fully saturated rings. The minimum absolute atomic E-state index is 0.802. The van der Waals surface area contributed by atoms with Crippen LogP contribution in [-0.4, -0.2) is 69.8 Å². The molecule has 5 atom stereocenters. The normalized spacial score (nSPS) is 37.4. The summed E-state index contributed by atoms with van der Waals surface area (Å²) in [5.74, 6) is -2.37. The van der Waals surface area contributed by atoms with Crippen molar-refractivity contribution in [2.24, 2.45) is 0 Å². The molecular formula is C8H12F3NO6. The van der Waals surface area contributed by atoms with Crippen molar-refractivity contribution in [1.82, 2.24) is 5.32 Å². The second-order valence-corrected chi connectivity index (χ2v) is 3.72. The number of ether oxygens (including phenoxy) is 1. The standard InChI is InChI=1S/C8H12F3NO6/c9-8(10,11)7(17)12-6-5(16)4(15)3(14)2(1-13)18-6/h2-6,13-16H,1H2,(H,12,17)/t2-,3-,4+,5-,6-/m1/s1. The SMILES string of the molecule is O=C(N[C@@H]1O[C@H](CO)[C@@H](O)[C@H](O)[C@H]1O)C(F)(F)F. The number of carbonyl (C=O) groups is 1. The molecule has 7 nitrogen and oxygen atoms in total. The highest BCUT2D eigenvalue weighted by Gasteiger charge is 2.47. The molecule has 0 bridgehead atoms. The van der Waals surface area contributed by atoms with Crippen LogP contribution >= 0.6 is 0 Å². The summed E-state index contributed by atoms with van der Waals surface area (Å²) in [6.45, 7) is -0.802. The van der Waals surface area contributed by atoms with Crippen molar-refractivity contribution < 1.29 is 43.1 Å². The molecule has 0 spiro atoms. The summed E-state index contributed by atoms with van der Waals surface area (Å²) in [6, 6.07) is 0. The first-order valence-electron chi connectivity index (χ1n) is 4.86. The van der Waals surface area contributed by atoms with E-state index in [2.05, 4.69) is 4.74 Å². The number of hydrogen-bond acceptors (Lipinski definition) is 6. The minimum Gasteiger partial charge on any atom is -0.394 e. The van der Waals surface area contributed by atoms with Gasteiger partial charge in [-0.2, -0.15) is 13.2 Å². The van der Waals surface area contributed by atoms with Gasteiger partial charge in [0.1, 0.15) is 24.4 Å². The molecule has 0 aliphatic carbocycles. The van der Waals surface area contributed by atoms with Gasteiger partial charge in [0.2, 0.25) is 0 Å². The van der Waals surface area contributed by atoms with E-state index in [0.717, 1.165) is 0 Å². The molecule has 1 heterocycles. The van der Waals surface area contributed by atoms with E-state index in [-0.39, 0.29) is 0 Å². The van der Waals surface area contributed by atoms with Crippen molar-refractivity contribution in [3.8, 4) is 0 Å². The summed E-state index contributed by atoms with van der Waals surface area (Å²) >= 11 is 0. The molecule has 0 aromatic carbocycles. The van der Waals surface area contributed by atoms with Crippen molar-refractivity contribution in [2.45, 2.75) is 36.8 Å². The molecule has 10 heteroatoms. The smallest absolute Gasteiger partial charge is 0.394 e. The third-order valence-electron chi connectivity index (χ3n) is 2.42. The number of halogens is 3. The summed E-state index contributed by atoms with van der Waals surface area (Å²) in [5.41, 5.74) is 0. The van der Waals surface area contributed by atoms with E-state index >= 15 is 0 Å². The molecule has 1 rings (SSSR count). The van der Waals surface area contributed by atoms with Gasteiger partial charge in [0.15, 0.2) is 6.23 Å². The fourth-order valence-corrected chi connectivity index (χ4v) is 1.43. The minimum atomic E-state index is -5.18. The van der Waals surface area contributed by atoms with Crippen molar-refractivity contribution in [2.75, 3.05) is 6.61 Å². The molecule has 5 N–H and O–H groups in total. The molecule has 106 valence electrons. The fourth-order valence-electron chi connectivity index (χ4n) is 1.43. The van der Waals surface area contributed by atoms with Crippen LogP contribution in [0.1, 0.15) is 0 Å². The van der Waals surface area contributed by atoms with Gasteiger partial charge in [-0.1, -0.05) is 0 Å². The first-order valence-corrected chi connectivity index (χ1v) is 4.86. The van der Waals surface area contributed by atoms with Crippen LogP contribution in [0, 0.1) is 0 Å². The van der Waals surface area contributed by atoms with Gasteiger partial charge >= 0.3 is 12.1 Å². The Kier molecular flexibility index (Phi) is 4.50. The van der Waals surface area contributed by atoms with E-state index < -0.39 is 49.3 Å². The Bertz CT molecular complexity index is 310. The third kappa shape index (κ3) is 3.09. The highest BCUT2D eigenvalue weighted by molar-refractivity contribution is 5.81. The van der Waals surface area contributed by atoms with E-state index in [1.807, 2.05) is 0 Å². The topological polar surface area (TPSA) is 119 Å². The molecule has 1 aliphatic rings. The number of carbonyl (C=O) groups excluding carboxylic acids is 1. The molecule has 0 unspecified atom stereocenters. The Hall–Kier alpha value is -0.940. The Morgan fingerprint density at radius 1 is 1.17 bits per heavy atom. The Balaban J connectivity index is 2.74. The zero-order chi connectivity index (χ0) is 14.1. The second kappa shape index (κ2) is 5.36. The number of aliphatic hydroxyl groups is 4. The monoisotopic (exact) mass is 275 g/mol. The van der Waals surface area contributed by atoms with Gasteiger partial charge in [-0.15, -0.1) is 0 Å². The lowest BCUT2D eigenvalue weighted by Crippen LogP contribution is -2.64. The summed E-state index contributed by atoms with van der Waals surface area (Å²) in [7, 11) is 0. The predicted molar refractivity (Wildman–Crippen MR) is 48.0 cm³/mol. The summed E-state index contributed by atoms with van der Waals surface area (Å²) in [6.07, 6.45) is -14.0. The van der Waals surface area contributed by atoms with Gasteiger partial charge in [-0.05, 0) is 0 Å². The van der Waals surface area contributed by atoms with Crippen LogP contribution in [-0.2, 0) is 9.53 Å². The van der Waals surface area contributed by atoms with Crippen molar-refractivity contribution in [3.63, 3.8) is 0 Å². The lowest BCUT2D eigenvalue weighted by molar-refractivity contribution is -0.240. The van der Waals surface area contributed by atoms with Gasteiger partial charge in [0, 0.05) is 0 Å². The zero-order valence-electron chi connectivity index (χ0n) is 8.83. The molecule has 18 heavy (non-hydrogen) atoms. The number of aliphatic hydroxyl groups excluding tert-OH is 4. The third-order valence-corrected chi connectivity index (χ3v) is 2.42. The number of rotatable bonds is 2. The van der Waals surface area contributed by atoms with Gasteiger partial charge in [0.05, 0.1) is 6.61 Å². The molecule has 1 amide bonds. The van der Waals surface area contributed by atoms with Crippen LogP contribution in [0.15, 0.2) is 0 Å². The Labute approximate surface area is 98.8 Å². The number of alkyl halides is 3. The lowest BCUT2D eigenvalue weighted by Gasteiger charge is -2.40. The number of amides is 1. The van der Waals surface area contributed by atoms with Crippen LogP contribution in [0.5, 0.6) is 0 Å². The molecular weight excluding hydrogens is 263 g/mol. The van der Waals surface area contributed by atoms with E-state index in [9.17, 15) is 33.3 Å². The van der Waals surface area contributed by atoms with Crippen molar-refractivity contribution in [1.29, 1.82) is 0 Å². The molecule has 0 aromatic rings. The molecule has 1 saturated heterocycles. The molecule has 0 radical (unpaired) electrons. The maximum atomic E-state index is 12.0. The summed E-state index contributed by atoms with van der Waals surface area (Å²) in [4.78, 5) is 10.6. The fraction of sp³-hybridized carbons (Fsp3) is 0.875. The van der Waals surface area contributed by atoms with E-state index in [0.29, 0.717) is 0 Å². The average molecular weight is 275 g/mol. The van der Waals surface area contributed by atoms with Gasteiger partial charge in [-0.25, -0.2) is 0 Å². The quantitative estimate of drug-likeness (QED) is 0.379. The zero-order valence-corrected chi connectivity index (χ0v) is 8.83. The molecule has 1 aliphatic heterocycles. The molecule has 0 saturated carbocycles.